The summed E-state index contributed by atoms with van der Waals surface area (Å²) in [6.45, 7) is 0. The first-order chi connectivity index (χ1) is 10.0. The Morgan fingerprint density at radius 3 is 2.62 bits per heavy atom. The van der Waals surface area contributed by atoms with Gasteiger partial charge < -0.3 is 4.98 Å². The Balaban J connectivity index is 1.87. The average Bonchev–Trinajstić information content (AvgIpc) is 2.89. The molecule has 1 N–H and O–H groups in total. The summed E-state index contributed by atoms with van der Waals surface area (Å²) in [7, 11) is 0. The number of pyridine rings is 1. The highest BCUT2D eigenvalue weighted by Gasteiger charge is 2.33. The van der Waals surface area contributed by atoms with E-state index in [0.29, 0.717) is 5.75 Å². The number of halogens is 3. The highest BCUT2D eigenvalue weighted by atomic mass is 32.2. The number of fused-ring (bicyclic) bond motifs is 1. The van der Waals surface area contributed by atoms with Crippen molar-refractivity contribution in [3.63, 3.8) is 0 Å². The quantitative estimate of drug-likeness (QED) is 0.699. The first-order valence-electron chi connectivity index (χ1n) is 6.25. The number of hydrogen-bond acceptors (Lipinski definition) is 2. The molecule has 0 amide bonds. The van der Waals surface area contributed by atoms with Crippen LogP contribution in [0.1, 0.15) is 11.1 Å². The van der Waals surface area contributed by atoms with Crippen LogP contribution in [0.2, 0.25) is 0 Å². The number of aromatic nitrogens is 2. The van der Waals surface area contributed by atoms with Gasteiger partial charge in [-0.3, -0.25) is 0 Å². The predicted molar refractivity (Wildman–Crippen MR) is 77.1 cm³/mol. The van der Waals surface area contributed by atoms with Crippen LogP contribution in [0.4, 0.5) is 13.2 Å². The van der Waals surface area contributed by atoms with Gasteiger partial charge in [-0.05, 0) is 11.6 Å². The Bertz CT molecular complexity index is 750. The molecule has 0 spiro atoms. The number of hydrogen-bond donors (Lipinski definition) is 1. The second-order valence-corrected chi connectivity index (χ2v) is 5.59. The van der Waals surface area contributed by atoms with E-state index in [1.54, 1.807) is 6.20 Å². The lowest BCUT2D eigenvalue weighted by Crippen LogP contribution is -2.03. The lowest BCUT2D eigenvalue weighted by Gasteiger charge is -2.05. The Labute approximate surface area is 123 Å². The molecule has 2 aromatic heterocycles. The van der Waals surface area contributed by atoms with E-state index in [4.69, 9.17) is 0 Å². The van der Waals surface area contributed by atoms with Crippen LogP contribution < -0.4 is 0 Å². The molecule has 108 valence electrons. The maximum absolute atomic E-state index is 12.9. The minimum absolute atomic E-state index is 0.112. The molecule has 2 heterocycles. The topological polar surface area (TPSA) is 28.7 Å². The average molecular weight is 308 g/mol. The van der Waals surface area contributed by atoms with Crippen LogP contribution in [0, 0.1) is 0 Å². The summed E-state index contributed by atoms with van der Waals surface area (Å²) in [5.41, 5.74) is 0.700. The molecule has 3 rings (SSSR count). The van der Waals surface area contributed by atoms with E-state index in [-0.39, 0.29) is 11.0 Å². The molecule has 3 aromatic rings. The van der Waals surface area contributed by atoms with Crippen LogP contribution in [-0.4, -0.2) is 9.97 Å². The summed E-state index contributed by atoms with van der Waals surface area (Å²) >= 11 is 1.47. The Hall–Kier alpha value is -1.95. The third kappa shape index (κ3) is 3.05. The molecule has 1 aromatic carbocycles. The van der Waals surface area contributed by atoms with Crippen LogP contribution in [-0.2, 0) is 11.9 Å². The molecule has 0 saturated heterocycles. The van der Waals surface area contributed by atoms with Crippen molar-refractivity contribution in [2.24, 2.45) is 0 Å². The van der Waals surface area contributed by atoms with Crippen molar-refractivity contribution >= 4 is 22.8 Å². The van der Waals surface area contributed by atoms with Gasteiger partial charge in [-0.25, -0.2) is 4.98 Å². The van der Waals surface area contributed by atoms with Gasteiger partial charge in [0.25, 0.3) is 0 Å². The molecule has 0 aliphatic heterocycles. The van der Waals surface area contributed by atoms with Crippen molar-refractivity contribution in [1.82, 2.24) is 9.97 Å². The normalized spacial score (nSPS) is 12.0. The van der Waals surface area contributed by atoms with Crippen LogP contribution >= 0.6 is 11.8 Å². The maximum Gasteiger partial charge on any atom is 0.418 e. The first kappa shape index (κ1) is 14.0. The molecule has 0 radical (unpaired) electrons. The molecule has 0 aliphatic carbocycles. The van der Waals surface area contributed by atoms with Gasteiger partial charge in [0.2, 0.25) is 0 Å². The summed E-state index contributed by atoms with van der Waals surface area (Å²) < 4.78 is 38.6. The smallest absolute Gasteiger partial charge is 0.346 e. The summed E-state index contributed by atoms with van der Waals surface area (Å²) in [5.74, 6) is 0.694. The highest BCUT2D eigenvalue weighted by Crippen LogP contribution is 2.35. The lowest BCUT2D eigenvalue weighted by molar-refractivity contribution is -0.136. The molecule has 0 saturated carbocycles. The van der Waals surface area contributed by atoms with Crippen LogP contribution in [0.5, 0.6) is 0 Å². The van der Waals surface area contributed by atoms with Crippen LogP contribution in [0.25, 0.3) is 11.0 Å². The number of benzene rings is 1. The van der Waals surface area contributed by atoms with Crippen LogP contribution in [0.15, 0.2) is 53.7 Å². The van der Waals surface area contributed by atoms with Crippen molar-refractivity contribution in [3.8, 4) is 0 Å². The van der Waals surface area contributed by atoms with Gasteiger partial charge in [0, 0.05) is 28.4 Å². The number of nitrogens with zero attached hydrogens (tertiary/aromatic N) is 1. The molecule has 0 aliphatic rings. The summed E-state index contributed by atoms with van der Waals surface area (Å²) in [5, 5.41) is 0.112. The van der Waals surface area contributed by atoms with E-state index in [9.17, 15) is 13.2 Å². The van der Waals surface area contributed by atoms with Crippen LogP contribution in [0.3, 0.4) is 0 Å². The number of thioether (sulfide) groups is 1. The molecule has 6 heteroatoms. The second-order valence-electron chi connectivity index (χ2n) is 4.54. The molecular weight excluding hydrogens is 297 g/mol. The van der Waals surface area contributed by atoms with Gasteiger partial charge in [-0.2, -0.15) is 13.2 Å². The van der Waals surface area contributed by atoms with Gasteiger partial charge in [0.15, 0.2) is 0 Å². The number of H-pyrrole nitrogens is 1. The number of aromatic amines is 1. The fourth-order valence-electron chi connectivity index (χ4n) is 2.04. The standard InChI is InChI=1S/C15H11F3N2S/c16-15(17,18)13-8-20-14-12(13)6-11(7-19-14)21-9-10-4-2-1-3-5-10/h1-8H,9H2,(H,19,20). The zero-order chi connectivity index (χ0) is 14.9. The van der Waals surface area contributed by atoms with Crippen molar-refractivity contribution in [2.75, 3.05) is 0 Å². The molecule has 0 fully saturated rings. The molecule has 0 unspecified atom stereocenters. The van der Waals surface area contributed by atoms with E-state index in [1.165, 1.54) is 17.8 Å². The van der Waals surface area contributed by atoms with Gasteiger partial charge in [-0.15, -0.1) is 11.8 Å². The zero-order valence-corrected chi connectivity index (χ0v) is 11.6. The number of rotatable bonds is 3. The minimum atomic E-state index is -4.37. The number of alkyl halides is 3. The molecular formula is C15H11F3N2S. The molecule has 0 atom stereocenters. The third-order valence-electron chi connectivity index (χ3n) is 3.06. The van der Waals surface area contributed by atoms with E-state index < -0.39 is 11.7 Å². The third-order valence-corrected chi connectivity index (χ3v) is 4.09. The zero-order valence-electron chi connectivity index (χ0n) is 10.8. The van der Waals surface area contributed by atoms with Crippen molar-refractivity contribution in [1.29, 1.82) is 0 Å². The van der Waals surface area contributed by atoms with E-state index in [0.717, 1.165) is 16.7 Å². The van der Waals surface area contributed by atoms with E-state index in [1.807, 2.05) is 30.3 Å². The Morgan fingerprint density at radius 2 is 1.90 bits per heavy atom. The summed E-state index contributed by atoms with van der Waals surface area (Å²) in [4.78, 5) is 7.33. The van der Waals surface area contributed by atoms with Gasteiger partial charge >= 0.3 is 6.18 Å². The first-order valence-corrected chi connectivity index (χ1v) is 7.23. The molecule has 0 bridgehead atoms. The minimum Gasteiger partial charge on any atom is -0.346 e. The highest BCUT2D eigenvalue weighted by molar-refractivity contribution is 7.98. The van der Waals surface area contributed by atoms with Gasteiger partial charge in [0.05, 0.1) is 5.56 Å². The summed E-state index contributed by atoms with van der Waals surface area (Å²) in [6.07, 6.45) is -1.82. The second kappa shape index (κ2) is 5.44. The maximum atomic E-state index is 12.9. The predicted octanol–water partition coefficient (Wildman–Crippen LogP) is 4.87. The van der Waals surface area contributed by atoms with E-state index in [2.05, 4.69) is 9.97 Å². The van der Waals surface area contributed by atoms with E-state index >= 15 is 0 Å². The Morgan fingerprint density at radius 1 is 1.14 bits per heavy atom. The van der Waals surface area contributed by atoms with Gasteiger partial charge in [-0.1, -0.05) is 30.3 Å². The lowest BCUT2D eigenvalue weighted by atomic mass is 10.2. The number of nitrogens with one attached hydrogen (secondary N) is 1. The molecule has 2 nitrogen and oxygen atoms in total. The fraction of sp³-hybridized carbons (Fsp3) is 0.133. The SMILES string of the molecule is FC(F)(F)c1c[nH]c2ncc(SCc3ccccc3)cc12. The Kier molecular flexibility index (Phi) is 3.63. The largest absolute Gasteiger partial charge is 0.418 e. The van der Waals surface area contributed by atoms with Crippen molar-refractivity contribution in [3.05, 3.63) is 59.9 Å². The van der Waals surface area contributed by atoms with Crippen molar-refractivity contribution < 1.29 is 13.2 Å². The molecule has 21 heavy (non-hydrogen) atoms. The monoisotopic (exact) mass is 308 g/mol. The summed E-state index contributed by atoms with van der Waals surface area (Å²) in [6, 6.07) is 11.3. The van der Waals surface area contributed by atoms with Gasteiger partial charge in [0.1, 0.15) is 5.65 Å². The van der Waals surface area contributed by atoms with Crippen molar-refractivity contribution in [2.45, 2.75) is 16.8 Å². The fourth-order valence-corrected chi connectivity index (χ4v) is 2.89.